The van der Waals surface area contributed by atoms with Crippen molar-refractivity contribution < 1.29 is 9.66 Å². The lowest BCUT2D eigenvalue weighted by Crippen LogP contribution is -2.44. The van der Waals surface area contributed by atoms with Crippen LogP contribution in [0.5, 0.6) is 0 Å². The Morgan fingerprint density at radius 3 is 2.52 bits per heavy atom. The third-order valence-electron chi connectivity index (χ3n) is 4.41. The lowest BCUT2D eigenvalue weighted by atomic mass is 10.1. The van der Waals surface area contributed by atoms with Gasteiger partial charge in [0.2, 0.25) is 0 Å². The van der Waals surface area contributed by atoms with Crippen molar-refractivity contribution in [2.45, 2.75) is 26.8 Å². The normalized spacial score (nSPS) is 15.7. The van der Waals surface area contributed by atoms with Crippen LogP contribution >= 0.6 is 0 Å². The van der Waals surface area contributed by atoms with E-state index >= 15 is 0 Å². The van der Waals surface area contributed by atoms with E-state index in [1.807, 2.05) is 0 Å². The zero-order chi connectivity index (χ0) is 19.5. The summed E-state index contributed by atoms with van der Waals surface area (Å²) >= 11 is 0. The quantitative estimate of drug-likeness (QED) is 0.296. The van der Waals surface area contributed by atoms with E-state index in [-0.39, 0.29) is 10.6 Å². The Morgan fingerprint density at radius 1 is 1.22 bits per heavy atom. The van der Waals surface area contributed by atoms with Crippen molar-refractivity contribution in [1.29, 1.82) is 0 Å². The fourth-order valence-electron chi connectivity index (χ4n) is 2.70. The van der Waals surface area contributed by atoms with Crippen molar-refractivity contribution >= 4 is 11.6 Å². The van der Waals surface area contributed by atoms with Gasteiger partial charge in [-0.15, -0.1) is 0 Å². The number of nitrogens with one attached hydrogen (secondary N) is 2. The van der Waals surface area contributed by atoms with Crippen molar-refractivity contribution in [3.05, 3.63) is 39.9 Å². The Balaban J connectivity index is 1.86. The fourth-order valence-corrected chi connectivity index (χ4v) is 2.70. The Labute approximate surface area is 161 Å². The van der Waals surface area contributed by atoms with Crippen LogP contribution in [0.25, 0.3) is 0 Å². The number of nitro benzene ring substituents is 1. The monoisotopic (exact) mass is 377 g/mol. The highest BCUT2D eigenvalue weighted by Crippen LogP contribution is 2.12. The molecule has 0 amide bonds. The first-order valence-corrected chi connectivity index (χ1v) is 9.60. The molecule has 2 rings (SSSR count). The molecule has 0 aliphatic carbocycles. The smallest absolute Gasteiger partial charge is 0.269 e. The maximum Gasteiger partial charge on any atom is 0.269 e. The van der Waals surface area contributed by atoms with E-state index < -0.39 is 0 Å². The van der Waals surface area contributed by atoms with Gasteiger partial charge in [0.05, 0.1) is 24.7 Å². The molecule has 1 aromatic rings. The zero-order valence-electron chi connectivity index (χ0n) is 16.3. The minimum atomic E-state index is -0.390. The third kappa shape index (κ3) is 8.36. The summed E-state index contributed by atoms with van der Waals surface area (Å²) in [6.45, 7) is 11.0. The molecule has 27 heavy (non-hydrogen) atoms. The van der Waals surface area contributed by atoms with Crippen molar-refractivity contribution in [2.75, 3.05) is 45.9 Å². The SMILES string of the molecule is CC(C)CCNC(=NCc1ccc([N+](=O)[O-])cc1)NCCN1CCOCC1. The average Bonchev–Trinajstić information content (AvgIpc) is 2.66. The Kier molecular flexibility index (Phi) is 9.00. The topological polar surface area (TPSA) is 92.0 Å². The zero-order valence-corrected chi connectivity index (χ0v) is 16.3. The summed E-state index contributed by atoms with van der Waals surface area (Å²) in [4.78, 5) is 17.4. The third-order valence-corrected chi connectivity index (χ3v) is 4.41. The van der Waals surface area contributed by atoms with Crippen molar-refractivity contribution in [2.24, 2.45) is 10.9 Å². The van der Waals surface area contributed by atoms with E-state index in [9.17, 15) is 10.1 Å². The summed E-state index contributed by atoms with van der Waals surface area (Å²) in [6, 6.07) is 6.54. The number of non-ortho nitro benzene ring substituents is 1. The average molecular weight is 377 g/mol. The van der Waals surface area contributed by atoms with Gasteiger partial charge >= 0.3 is 0 Å². The van der Waals surface area contributed by atoms with Gasteiger partial charge in [0.25, 0.3) is 5.69 Å². The Bertz CT molecular complexity index is 598. The molecule has 1 heterocycles. The van der Waals surface area contributed by atoms with Gasteiger partial charge in [-0.1, -0.05) is 26.0 Å². The summed E-state index contributed by atoms with van der Waals surface area (Å²) in [5.74, 6) is 1.41. The maximum absolute atomic E-state index is 10.7. The van der Waals surface area contributed by atoms with Crippen LogP contribution in [0.15, 0.2) is 29.3 Å². The lowest BCUT2D eigenvalue weighted by molar-refractivity contribution is -0.384. The number of hydrogen-bond donors (Lipinski definition) is 2. The molecular weight excluding hydrogens is 346 g/mol. The summed E-state index contributed by atoms with van der Waals surface area (Å²) in [5.41, 5.74) is 1.04. The van der Waals surface area contributed by atoms with E-state index in [0.29, 0.717) is 12.5 Å². The predicted octanol–water partition coefficient (Wildman–Crippen LogP) is 2.01. The van der Waals surface area contributed by atoms with E-state index in [1.165, 1.54) is 12.1 Å². The number of nitro groups is 1. The van der Waals surface area contributed by atoms with Gasteiger partial charge in [0.1, 0.15) is 0 Å². The number of ether oxygens (including phenoxy) is 1. The molecule has 0 radical (unpaired) electrons. The van der Waals surface area contributed by atoms with Crippen molar-refractivity contribution in [3.63, 3.8) is 0 Å². The molecule has 1 aliphatic rings. The number of guanidine groups is 1. The van der Waals surface area contributed by atoms with Crippen LogP contribution in [0, 0.1) is 16.0 Å². The number of benzene rings is 1. The standard InChI is InChI=1S/C19H31N5O3/c1-16(2)7-8-20-19(21-9-10-23-11-13-27-14-12-23)22-15-17-3-5-18(6-4-17)24(25)26/h3-6,16H,7-15H2,1-2H3,(H2,20,21,22). The van der Waals surface area contributed by atoms with E-state index in [1.54, 1.807) is 12.1 Å². The first-order valence-electron chi connectivity index (χ1n) is 9.60. The molecule has 150 valence electrons. The molecule has 0 aromatic heterocycles. The van der Waals surface area contributed by atoms with Crippen LogP contribution in [-0.2, 0) is 11.3 Å². The lowest BCUT2D eigenvalue weighted by Gasteiger charge is -2.26. The van der Waals surface area contributed by atoms with Gasteiger partial charge in [-0.25, -0.2) is 4.99 Å². The van der Waals surface area contributed by atoms with Gasteiger partial charge < -0.3 is 15.4 Å². The summed E-state index contributed by atoms with van der Waals surface area (Å²) in [7, 11) is 0. The van der Waals surface area contributed by atoms with Crippen LogP contribution in [0.1, 0.15) is 25.8 Å². The molecule has 2 N–H and O–H groups in total. The summed E-state index contributed by atoms with van der Waals surface area (Å²) in [6.07, 6.45) is 1.07. The van der Waals surface area contributed by atoms with E-state index in [4.69, 9.17) is 4.74 Å². The molecule has 0 saturated carbocycles. The van der Waals surface area contributed by atoms with E-state index in [0.717, 1.165) is 63.9 Å². The van der Waals surface area contributed by atoms with Gasteiger partial charge in [-0.3, -0.25) is 15.0 Å². The Morgan fingerprint density at radius 2 is 1.89 bits per heavy atom. The maximum atomic E-state index is 10.7. The van der Waals surface area contributed by atoms with Gasteiger partial charge in [0, 0.05) is 44.9 Å². The number of hydrogen-bond acceptors (Lipinski definition) is 5. The van der Waals surface area contributed by atoms with Gasteiger partial charge in [-0.2, -0.15) is 0 Å². The highest BCUT2D eigenvalue weighted by atomic mass is 16.6. The molecule has 1 aliphatic heterocycles. The second-order valence-corrected chi connectivity index (χ2v) is 7.08. The largest absolute Gasteiger partial charge is 0.379 e. The molecule has 1 fully saturated rings. The molecule has 8 heteroatoms. The molecule has 1 saturated heterocycles. The van der Waals surface area contributed by atoms with Crippen molar-refractivity contribution in [3.8, 4) is 0 Å². The van der Waals surface area contributed by atoms with Crippen LogP contribution in [-0.4, -0.2) is 61.7 Å². The van der Waals surface area contributed by atoms with Crippen molar-refractivity contribution in [1.82, 2.24) is 15.5 Å². The van der Waals surface area contributed by atoms with Gasteiger partial charge in [-0.05, 0) is 17.9 Å². The second kappa shape index (κ2) is 11.5. The first-order chi connectivity index (χ1) is 13.0. The minimum Gasteiger partial charge on any atom is -0.379 e. The highest BCUT2D eigenvalue weighted by Gasteiger charge is 2.10. The molecule has 0 unspecified atom stereocenters. The molecule has 0 spiro atoms. The number of nitrogens with zero attached hydrogens (tertiary/aromatic N) is 3. The molecule has 0 bridgehead atoms. The molecule has 0 atom stereocenters. The summed E-state index contributed by atoms with van der Waals surface area (Å²) < 4.78 is 5.37. The number of rotatable bonds is 9. The molecular formula is C19H31N5O3. The summed E-state index contributed by atoms with van der Waals surface area (Å²) in [5, 5.41) is 17.5. The highest BCUT2D eigenvalue weighted by molar-refractivity contribution is 5.79. The number of morpholine rings is 1. The molecule has 8 nitrogen and oxygen atoms in total. The van der Waals surface area contributed by atoms with Crippen LogP contribution in [0.2, 0.25) is 0 Å². The van der Waals surface area contributed by atoms with Crippen LogP contribution in [0.4, 0.5) is 5.69 Å². The predicted molar refractivity (Wildman–Crippen MR) is 107 cm³/mol. The van der Waals surface area contributed by atoms with Crippen LogP contribution < -0.4 is 10.6 Å². The first kappa shape index (κ1) is 21.1. The van der Waals surface area contributed by atoms with E-state index in [2.05, 4.69) is 34.4 Å². The molecule has 1 aromatic carbocycles. The number of aliphatic imine (C=N–C) groups is 1. The second-order valence-electron chi connectivity index (χ2n) is 7.08. The minimum absolute atomic E-state index is 0.0987. The Hall–Kier alpha value is -2.19. The van der Waals surface area contributed by atoms with Gasteiger partial charge in [0.15, 0.2) is 5.96 Å². The fraction of sp³-hybridized carbons (Fsp3) is 0.632. The van der Waals surface area contributed by atoms with Crippen LogP contribution in [0.3, 0.4) is 0 Å².